The number of nitrogens with zero attached hydrogens (tertiary/aromatic N) is 3. The second kappa shape index (κ2) is 4.94. The van der Waals surface area contributed by atoms with E-state index in [0.29, 0.717) is 0 Å². The van der Waals surface area contributed by atoms with Crippen LogP contribution in [0.1, 0.15) is 11.4 Å². The third-order valence-corrected chi connectivity index (χ3v) is 2.68. The predicted molar refractivity (Wildman–Crippen MR) is 72.7 cm³/mol. The van der Waals surface area contributed by atoms with Crippen LogP contribution in [0.15, 0.2) is 48.9 Å². The van der Waals surface area contributed by atoms with Crippen molar-refractivity contribution in [1.29, 1.82) is 0 Å². The van der Waals surface area contributed by atoms with Gasteiger partial charge in [-0.2, -0.15) is 0 Å². The Balaban J connectivity index is 1.94. The molecule has 0 bridgehead atoms. The van der Waals surface area contributed by atoms with Gasteiger partial charge in [0, 0.05) is 17.8 Å². The van der Waals surface area contributed by atoms with Crippen molar-refractivity contribution in [2.24, 2.45) is 0 Å². The maximum absolute atomic E-state index is 13.0. The fourth-order valence-electron chi connectivity index (χ4n) is 1.77. The minimum atomic E-state index is -0.253. The lowest BCUT2D eigenvalue weighted by molar-refractivity contribution is 0.629. The molecule has 0 aliphatic rings. The first kappa shape index (κ1) is 11.5. The van der Waals surface area contributed by atoms with E-state index in [4.69, 9.17) is 0 Å². The molecule has 0 saturated carbocycles. The second-order valence-corrected chi connectivity index (χ2v) is 4.04. The normalized spacial score (nSPS) is 11.2. The van der Waals surface area contributed by atoms with Crippen LogP contribution in [-0.2, 0) is 0 Å². The summed E-state index contributed by atoms with van der Waals surface area (Å²) in [6.45, 7) is 0. The zero-order chi connectivity index (χ0) is 13.1. The molecule has 0 aliphatic carbocycles. The highest BCUT2D eigenvalue weighted by Gasteiger charge is 1.98. The van der Waals surface area contributed by atoms with Crippen LogP contribution in [-0.4, -0.2) is 15.0 Å². The molecule has 3 aromatic rings. The Hall–Kier alpha value is -2.62. The molecule has 0 aliphatic heterocycles. The number of hydrogen-bond acceptors (Lipinski definition) is 3. The number of pyridine rings is 1. The molecule has 0 amide bonds. The van der Waals surface area contributed by atoms with Crippen LogP contribution in [0.2, 0.25) is 0 Å². The van der Waals surface area contributed by atoms with Gasteiger partial charge < -0.3 is 0 Å². The molecule has 0 atom stereocenters. The molecule has 4 heteroatoms. The van der Waals surface area contributed by atoms with Gasteiger partial charge in [-0.15, -0.1) is 0 Å². The number of aromatic nitrogens is 3. The molecule has 2 aromatic heterocycles. The van der Waals surface area contributed by atoms with Crippen LogP contribution in [0.25, 0.3) is 23.1 Å². The Morgan fingerprint density at radius 2 is 1.84 bits per heavy atom. The largest absolute Gasteiger partial charge is 0.261 e. The van der Waals surface area contributed by atoms with Crippen LogP contribution in [0.5, 0.6) is 0 Å². The molecule has 0 unspecified atom stereocenters. The van der Waals surface area contributed by atoms with Crippen LogP contribution in [0.3, 0.4) is 0 Å². The van der Waals surface area contributed by atoms with Crippen molar-refractivity contribution >= 4 is 23.1 Å². The van der Waals surface area contributed by atoms with E-state index in [1.54, 1.807) is 24.7 Å². The molecule has 0 N–H and O–H groups in total. The van der Waals surface area contributed by atoms with Gasteiger partial charge in [0.05, 0.1) is 23.1 Å². The summed E-state index contributed by atoms with van der Waals surface area (Å²) < 4.78 is 13.0. The van der Waals surface area contributed by atoms with Crippen LogP contribution >= 0.6 is 0 Å². The Labute approximate surface area is 109 Å². The summed E-state index contributed by atoms with van der Waals surface area (Å²) in [5.74, 6) is -0.253. The first-order chi connectivity index (χ1) is 9.31. The van der Waals surface area contributed by atoms with Gasteiger partial charge in [0.1, 0.15) is 5.82 Å². The third-order valence-electron chi connectivity index (χ3n) is 2.68. The van der Waals surface area contributed by atoms with E-state index in [-0.39, 0.29) is 5.82 Å². The summed E-state index contributed by atoms with van der Waals surface area (Å²) in [7, 11) is 0. The average molecular weight is 251 g/mol. The molecular formula is C15H10FN3. The van der Waals surface area contributed by atoms with Crippen molar-refractivity contribution < 1.29 is 4.39 Å². The van der Waals surface area contributed by atoms with Crippen molar-refractivity contribution in [2.75, 3.05) is 0 Å². The van der Waals surface area contributed by atoms with Crippen LogP contribution in [0.4, 0.5) is 4.39 Å². The maximum Gasteiger partial charge on any atom is 0.123 e. The minimum absolute atomic E-state index is 0.253. The summed E-state index contributed by atoms with van der Waals surface area (Å²) in [6.07, 6.45) is 8.63. The quantitative estimate of drug-likeness (QED) is 0.701. The smallest absolute Gasteiger partial charge is 0.123 e. The van der Waals surface area contributed by atoms with Gasteiger partial charge in [0.15, 0.2) is 0 Å². The van der Waals surface area contributed by atoms with E-state index in [2.05, 4.69) is 15.0 Å². The number of benzene rings is 1. The van der Waals surface area contributed by atoms with E-state index in [9.17, 15) is 4.39 Å². The minimum Gasteiger partial charge on any atom is -0.261 e. The molecule has 1 aromatic carbocycles. The first-order valence-electron chi connectivity index (χ1n) is 5.82. The third kappa shape index (κ3) is 2.63. The lowest BCUT2D eigenvalue weighted by atomic mass is 10.2. The molecule has 0 spiro atoms. The molecule has 2 heterocycles. The number of halogens is 1. The summed E-state index contributed by atoms with van der Waals surface area (Å²) in [4.78, 5) is 12.6. The maximum atomic E-state index is 13.0. The highest BCUT2D eigenvalue weighted by Crippen LogP contribution is 2.15. The molecule has 0 saturated heterocycles. The van der Waals surface area contributed by atoms with Gasteiger partial charge in [-0.1, -0.05) is 6.07 Å². The van der Waals surface area contributed by atoms with E-state index in [0.717, 1.165) is 22.3 Å². The van der Waals surface area contributed by atoms with Gasteiger partial charge >= 0.3 is 0 Å². The van der Waals surface area contributed by atoms with E-state index in [1.165, 1.54) is 12.1 Å². The highest BCUT2D eigenvalue weighted by molar-refractivity contribution is 5.80. The topological polar surface area (TPSA) is 38.7 Å². The van der Waals surface area contributed by atoms with E-state index >= 15 is 0 Å². The SMILES string of the molecule is Fc1ccc2nc(/C=C/c3cnccn3)ccc2c1. The molecule has 3 rings (SSSR count). The summed E-state index contributed by atoms with van der Waals surface area (Å²) >= 11 is 0. The van der Waals surface area contributed by atoms with Crippen LogP contribution < -0.4 is 0 Å². The standard InChI is InChI=1S/C15H10FN3/c16-12-2-6-15-11(9-12)1-3-13(19-15)4-5-14-10-17-7-8-18-14/h1-10H/b5-4+. The highest BCUT2D eigenvalue weighted by atomic mass is 19.1. The average Bonchev–Trinajstić information content (AvgIpc) is 2.46. The Morgan fingerprint density at radius 3 is 2.68 bits per heavy atom. The molecule has 0 radical (unpaired) electrons. The predicted octanol–water partition coefficient (Wildman–Crippen LogP) is 3.33. The van der Waals surface area contributed by atoms with Crippen LogP contribution in [0, 0.1) is 5.82 Å². The lowest BCUT2D eigenvalue weighted by Crippen LogP contribution is -1.85. The van der Waals surface area contributed by atoms with Crippen molar-refractivity contribution in [1.82, 2.24) is 15.0 Å². The van der Waals surface area contributed by atoms with Gasteiger partial charge in [-0.3, -0.25) is 9.97 Å². The van der Waals surface area contributed by atoms with Gasteiger partial charge in [-0.05, 0) is 36.4 Å². The Kier molecular flexibility index (Phi) is 2.98. The first-order valence-corrected chi connectivity index (χ1v) is 5.82. The summed E-state index contributed by atoms with van der Waals surface area (Å²) in [5.41, 5.74) is 2.33. The number of rotatable bonds is 2. The van der Waals surface area contributed by atoms with E-state index < -0.39 is 0 Å². The van der Waals surface area contributed by atoms with Gasteiger partial charge in [0.25, 0.3) is 0 Å². The van der Waals surface area contributed by atoms with Crippen molar-refractivity contribution in [3.63, 3.8) is 0 Å². The Bertz CT molecular complexity index is 739. The zero-order valence-corrected chi connectivity index (χ0v) is 9.99. The van der Waals surface area contributed by atoms with Crippen molar-refractivity contribution in [3.8, 4) is 0 Å². The molecule has 3 nitrogen and oxygen atoms in total. The number of fused-ring (bicyclic) bond motifs is 1. The fourth-order valence-corrected chi connectivity index (χ4v) is 1.77. The number of hydrogen-bond donors (Lipinski definition) is 0. The van der Waals surface area contributed by atoms with E-state index in [1.807, 2.05) is 24.3 Å². The second-order valence-electron chi connectivity index (χ2n) is 4.04. The summed E-state index contributed by atoms with van der Waals surface area (Å²) in [6, 6.07) is 8.24. The molecule has 92 valence electrons. The molecular weight excluding hydrogens is 241 g/mol. The zero-order valence-electron chi connectivity index (χ0n) is 9.99. The molecule has 0 fully saturated rings. The van der Waals surface area contributed by atoms with Gasteiger partial charge in [-0.25, -0.2) is 9.37 Å². The van der Waals surface area contributed by atoms with Crippen molar-refractivity contribution in [3.05, 3.63) is 66.1 Å². The fraction of sp³-hybridized carbons (Fsp3) is 0. The Morgan fingerprint density at radius 1 is 0.947 bits per heavy atom. The lowest BCUT2D eigenvalue weighted by Gasteiger charge is -1.99. The summed E-state index contributed by atoms with van der Waals surface area (Å²) in [5, 5.41) is 0.789. The van der Waals surface area contributed by atoms with Gasteiger partial charge in [0.2, 0.25) is 0 Å². The van der Waals surface area contributed by atoms with Crippen molar-refractivity contribution in [2.45, 2.75) is 0 Å². The monoisotopic (exact) mass is 251 g/mol. The molecule has 19 heavy (non-hydrogen) atoms.